The first-order chi connectivity index (χ1) is 20.4. The van der Waals surface area contributed by atoms with Crippen molar-refractivity contribution < 1.29 is 19.0 Å². The number of amides is 1. The van der Waals surface area contributed by atoms with E-state index < -0.39 is 6.09 Å². The van der Waals surface area contributed by atoms with Crippen molar-refractivity contribution in [1.29, 1.82) is 0 Å². The minimum absolute atomic E-state index is 0.280. The van der Waals surface area contributed by atoms with Gasteiger partial charge in [-0.25, -0.2) is 14.7 Å². The topological polar surface area (TPSA) is 115 Å². The molecule has 1 aromatic heterocycles. The number of carbonyl (C=O) groups is 1. The SMILES string of the molecule is COc1ccc(N(C(=O)Oc2c(C)cccc2C)c2ccnc(Nc3ccc(N4CCC(N)CC4)cc3)n2)c(OC)c1. The molecule has 1 fully saturated rings. The Labute approximate surface area is 246 Å². The van der Waals surface area contributed by atoms with Gasteiger partial charge in [0.25, 0.3) is 0 Å². The van der Waals surface area contributed by atoms with Crippen LogP contribution in [0.25, 0.3) is 0 Å². The largest absolute Gasteiger partial charge is 0.497 e. The molecule has 3 N–H and O–H groups in total. The molecule has 5 rings (SSSR count). The fraction of sp³-hybridized carbons (Fsp3) is 0.281. The highest BCUT2D eigenvalue weighted by molar-refractivity contribution is 5.98. The number of nitrogens with two attached hydrogens (primary N) is 1. The molecule has 1 amide bonds. The third-order valence-electron chi connectivity index (χ3n) is 7.31. The monoisotopic (exact) mass is 568 g/mol. The van der Waals surface area contributed by atoms with Crippen molar-refractivity contribution in [1.82, 2.24) is 9.97 Å². The van der Waals surface area contributed by atoms with E-state index in [-0.39, 0.29) is 6.04 Å². The fourth-order valence-corrected chi connectivity index (χ4v) is 4.95. The fourth-order valence-electron chi connectivity index (χ4n) is 4.95. The maximum absolute atomic E-state index is 13.8. The zero-order valence-corrected chi connectivity index (χ0v) is 24.3. The number of rotatable bonds is 8. The van der Waals surface area contributed by atoms with Gasteiger partial charge in [0, 0.05) is 48.8 Å². The molecule has 0 radical (unpaired) electrons. The lowest BCUT2D eigenvalue weighted by Gasteiger charge is -2.32. The van der Waals surface area contributed by atoms with Gasteiger partial charge >= 0.3 is 6.09 Å². The Morgan fingerprint density at radius 2 is 1.69 bits per heavy atom. The van der Waals surface area contributed by atoms with Crippen molar-refractivity contribution in [2.75, 3.05) is 42.4 Å². The molecule has 10 heteroatoms. The summed E-state index contributed by atoms with van der Waals surface area (Å²) in [6.07, 6.45) is 2.92. The molecule has 42 heavy (non-hydrogen) atoms. The molecule has 1 saturated heterocycles. The summed E-state index contributed by atoms with van der Waals surface area (Å²) >= 11 is 0. The normalized spacial score (nSPS) is 13.4. The van der Waals surface area contributed by atoms with Crippen molar-refractivity contribution >= 4 is 34.9 Å². The number of ether oxygens (including phenoxy) is 3. The first-order valence-corrected chi connectivity index (χ1v) is 13.9. The zero-order chi connectivity index (χ0) is 29.6. The minimum atomic E-state index is -0.647. The van der Waals surface area contributed by atoms with Crippen molar-refractivity contribution in [2.24, 2.45) is 5.73 Å². The van der Waals surface area contributed by atoms with Crippen molar-refractivity contribution in [3.05, 3.63) is 84.1 Å². The first kappa shape index (κ1) is 28.7. The second kappa shape index (κ2) is 12.8. The van der Waals surface area contributed by atoms with Crippen LogP contribution >= 0.6 is 0 Å². The molecular weight excluding hydrogens is 532 g/mol. The van der Waals surface area contributed by atoms with Gasteiger partial charge in [-0.2, -0.15) is 4.98 Å². The quantitative estimate of drug-likeness (QED) is 0.259. The van der Waals surface area contributed by atoms with Gasteiger partial charge in [0.1, 0.15) is 23.1 Å². The molecule has 0 atom stereocenters. The highest BCUT2D eigenvalue weighted by atomic mass is 16.6. The molecule has 10 nitrogen and oxygen atoms in total. The molecule has 0 unspecified atom stereocenters. The Morgan fingerprint density at radius 3 is 2.36 bits per heavy atom. The van der Waals surface area contributed by atoms with Gasteiger partial charge in [0.2, 0.25) is 5.95 Å². The number of piperidine rings is 1. The van der Waals surface area contributed by atoms with Gasteiger partial charge in [-0.05, 0) is 74.2 Å². The van der Waals surface area contributed by atoms with E-state index in [0.29, 0.717) is 34.7 Å². The van der Waals surface area contributed by atoms with E-state index in [2.05, 4.69) is 32.3 Å². The van der Waals surface area contributed by atoms with Gasteiger partial charge in [0.05, 0.1) is 19.9 Å². The molecule has 2 heterocycles. The van der Waals surface area contributed by atoms with Crippen molar-refractivity contribution in [2.45, 2.75) is 32.7 Å². The number of hydrogen-bond acceptors (Lipinski definition) is 9. The molecule has 4 aromatic rings. The highest BCUT2D eigenvalue weighted by Crippen LogP contribution is 2.37. The van der Waals surface area contributed by atoms with Crippen LogP contribution in [0.3, 0.4) is 0 Å². The number of anilines is 5. The van der Waals surface area contributed by atoms with Crippen molar-refractivity contribution in [3.63, 3.8) is 0 Å². The Morgan fingerprint density at radius 1 is 0.976 bits per heavy atom. The molecule has 3 aromatic carbocycles. The van der Waals surface area contributed by atoms with E-state index in [1.165, 1.54) is 12.0 Å². The van der Waals surface area contributed by atoms with Crippen LogP contribution in [0.1, 0.15) is 24.0 Å². The summed E-state index contributed by atoms with van der Waals surface area (Å²) in [5, 5.41) is 3.25. The van der Waals surface area contributed by atoms with Crippen LogP contribution in [0.2, 0.25) is 0 Å². The van der Waals surface area contributed by atoms with E-state index in [4.69, 9.17) is 19.9 Å². The average molecular weight is 569 g/mol. The van der Waals surface area contributed by atoms with E-state index >= 15 is 0 Å². The van der Waals surface area contributed by atoms with Gasteiger partial charge in [-0.15, -0.1) is 0 Å². The van der Waals surface area contributed by atoms with E-state index in [0.717, 1.165) is 48.4 Å². The van der Waals surface area contributed by atoms with E-state index in [9.17, 15) is 4.79 Å². The number of aromatic nitrogens is 2. The number of hydrogen-bond donors (Lipinski definition) is 2. The Balaban J connectivity index is 1.45. The Bertz CT molecular complexity index is 1520. The summed E-state index contributed by atoms with van der Waals surface area (Å²) in [7, 11) is 3.10. The van der Waals surface area contributed by atoms with Crippen LogP contribution in [0.5, 0.6) is 17.2 Å². The van der Waals surface area contributed by atoms with Crippen LogP contribution < -0.4 is 35.1 Å². The molecule has 0 bridgehead atoms. The number of para-hydroxylation sites is 1. The number of aryl methyl sites for hydroxylation is 2. The van der Waals surface area contributed by atoms with Gasteiger partial charge < -0.3 is 30.2 Å². The molecule has 218 valence electrons. The Hall–Kier alpha value is -4.83. The molecule has 0 spiro atoms. The smallest absolute Gasteiger partial charge is 0.425 e. The minimum Gasteiger partial charge on any atom is -0.497 e. The standard InChI is InChI=1S/C32H36N6O4/c1-21-6-5-7-22(2)30(21)42-32(39)38(27-13-12-26(40-3)20-28(27)41-4)29-14-17-34-31(36-29)35-24-8-10-25(11-9-24)37-18-15-23(33)16-19-37/h5-14,17,20,23H,15-16,18-19,33H2,1-4H3,(H,34,35,36). The van der Waals surface area contributed by atoms with Crippen LogP contribution in [0.4, 0.5) is 33.6 Å². The predicted octanol–water partition coefficient (Wildman–Crippen LogP) is 6.12. The van der Waals surface area contributed by atoms with Crippen molar-refractivity contribution in [3.8, 4) is 17.2 Å². The third-order valence-corrected chi connectivity index (χ3v) is 7.31. The van der Waals surface area contributed by atoms with Gasteiger partial charge in [-0.3, -0.25) is 0 Å². The van der Waals surface area contributed by atoms with Crippen LogP contribution in [-0.4, -0.2) is 49.4 Å². The number of benzene rings is 3. The lowest BCUT2D eigenvalue weighted by molar-refractivity contribution is 0.209. The number of nitrogens with zero attached hydrogens (tertiary/aromatic N) is 4. The summed E-state index contributed by atoms with van der Waals surface area (Å²) in [4.78, 5) is 26.6. The maximum atomic E-state index is 13.8. The summed E-state index contributed by atoms with van der Waals surface area (Å²) in [5.74, 6) is 2.10. The predicted molar refractivity (Wildman–Crippen MR) is 165 cm³/mol. The molecule has 1 aliphatic heterocycles. The van der Waals surface area contributed by atoms with Crippen LogP contribution in [-0.2, 0) is 0 Å². The number of nitrogens with one attached hydrogen (secondary N) is 1. The maximum Gasteiger partial charge on any atom is 0.425 e. The molecule has 0 aliphatic carbocycles. The average Bonchev–Trinajstić information content (AvgIpc) is 3.00. The van der Waals surface area contributed by atoms with Gasteiger partial charge in [-0.1, -0.05) is 18.2 Å². The second-order valence-corrected chi connectivity index (χ2v) is 10.2. The molecule has 0 saturated carbocycles. The summed E-state index contributed by atoms with van der Waals surface area (Å²) in [5.41, 5.74) is 10.1. The van der Waals surface area contributed by atoms with Crippen LogP contribution in [0.15, 0.2) is 72.9 Å². The second-order valence-electron chi connectivity index (χ2n) is 10.2. The Kier molecular flexibility index (Phi) is 8.73. The van der Waals surface area contributed by atoms with Gasteiger partial charge in [0.15, 0.2) is 0 Å². The van der Waals surface area contributed by atoms with E-state index in [1.807, 2.05) is 44.2 Å². The summed E-state index contributed by atoms with van der Waals surface area (Å²) < 4.78 is 16.9. The summed E-state index contributed by atoms with van der Waals surface area (Å²) in [6, 6.07) is 20.9. The number of methoxy groups -OCH3 is 2. The molecular formula is C32H36N6O4. The first-order valence-electron chi connectivity index (χ1n) is 13.9. The van der Waals surface area contributed by atoms with Crippen LogP contribution in [0, 0.1) is 13.8 Å². The highest BCUT2D eigenvalue weighted by Gasteiger charge is 2.27. The lowest BCUT2D eigenvalue weighted by Crippen LogP contribution is -2.39. The summed E-state index contributed by atoms with van der Waals surface area (Å²) in [6.45, 7) is 5.68. The third kappa shape index (κ3) is 6.39. The molecule has 1 aliphatic rings. The van der Waals surface area contributed by atoms with E-state index in [1.54, 1.807) is 37.6 Å². The number of carbonyl (C=O) groups excluding carboxylic acids is 1. The zero-order valence-electron chi connectivity index (χ0n) is 24.3. The lowest BCUT2D eigenvalue weighted by atomic mass is 10.1.